The largest absolute Gasteiger partial charge is 0.479 e. The van der Waals surface area contributed by atoms with Crippen molar-refractivity contribution < 1.29 is 14.7 Å². The summed E-state index contributed by atoms with van der Waals surface area (Å²) in [7, 11) is 0. The molecule has 1 aromatic rings. The van der Waals surface area contributed by atoms with E-state index >= 15 is 0 Å². The Bertz CT molecular complexity index is 471. The Morgan fingerprint density at radius 1 is 1.35 bits per heavy atom. The van der Waals surface area contributed by atoms with Crippen molar-refractivity contribution in [1.29, 1.82) is 0 Å². The summed E-state index contributed by atoms with van der Waals surface area (Å²) in [6.07, 6.45) is 2.32. The summed E-state index contributed by atoms with van der Waals surface area (Å²) in [5.41, 5.74) is 0.579. The van der Waals surface area contributed by atoms with Gasteiger partial charge in [-0.05, 0) is 31.2 Å². The summed E-state index contributed by atoms with van der Waals surface area (Å²) < 4.78 is 0. The van der Waals surface area contributed by atoms with Crippen LogP contribution < -0.4 is 5.32 Å². The molecule has 20 heavy (non-hydrogen) atoms. The second kappa shape index (κ2) is 6.41. The van der Waals surface area contributed by atoms with Gasteiger partial charge in [0.15, 0.2) is 6.04 Å². The van der Waals surface area contributed by atoms with Crippen LogP contribution in [0.1, 0.15) is 31.4 Å². The fourth-order valence-electron chi connectivity index (χ4n) is 2.12. The zero-order valence-electron chi connectivity index (χ0n) is 11.6. The van der Waals surface area contributed by atoms with Gasteiger partial charge < -0.3 is 15.3 Å². The van der Waals surface area contributed by atoms with Crippen LogP contribution >= 0.6 is 0 Å². The Balaban J connectivity index is 2.03. The van der Waals surface area contributed by atoms with Crippen molar-refractivity contribution in [1.82, 2.24) is 10.2 Å². The molecule has 5 nitrogen and oxygen atoms in total. The number of nitrogens with one attached hydrogen (secondary N) is 1. The van der Waals surface area contributed by atoms with Crippen molar-refractivity contribution in [2.75, 3.05) is 13.1 Å². The lowest BCUT2D eigenvalue weighted by molar-refractivity contribution is -0.139. The molecular formula is C15H20N2O3. The van der Waals surface area contributed by atoms with E-state index in [0.717, 1.165) is 12.8 Å². The second-order valence-electron chi connectivity index (χ2n) is 5.11. The van der Waals surface area contributed by atoms with Gasteiger partial charge in [-0.2, -0.15) is 0 Å². The number of carbonyl (C=O) groups is 2. The third-order valence-corrected chi connectivity index (χ3v) is 3.49. The van der Waals surface area contributed by atoms with Crippen molar-refractivity contribution in [3.05, 3.63) is 35.9 Å². The van der Waals surface area contributed by atoms with Gasteiger partial charge in [-0.1, -0.05) is 30.3 Å². The molecule has 1 aliphatic carbocycles. The molecule has 1 aromatic carbocycles. The van der Waals surface area contributed by atoms with Crippen LogP contribution in [0.5, 0.6) is 0 Å². The van der Waals surface area contributed by atoms with Crippen LogP contribution in [-0.4, -0.2) is 35.1 Å². The first-order chi connectivity index (χ1) is 9.61. The average Bonchev–Trinajstić information content (AvgIpc) is 3.26. The third-order valence-electron chi connectivity index (χ3n) is 3.49. The number of carboxylic acid groups (broad SMARTS) is 1. The Hall–Kier alpha value is -2.04. The minimum atomic E-state index is -1.05. The lowest BCUT2D eigenvalue weighted by atomic mass is 10.1. The highest BCUT2D eigenvalue weighted by molar-refractivity contribution is 5.83. The van der Waals surface area contributed by atoms with Gasteiger partial charge in [0.25, 0.3) is 0 Å². The van der Waals surface area contributed by atoms with Crippen molar-refractivity contribution in [2.24, 2.45) is 5.92 Å². The van der Waals surface area contributed by atoms with E-state index in [1.807, 2.05) is 13.0 Å². The quantitative estimate of drug-likeness (QED) is 0.837. The Labute approximate surface area is 118 Å². The summed E-state index contributed by atoms with van der Waals surface area (Å²) >= 11 is 0. The number of hydrogen-bond acceptors (Lipinski definition) is 2. The zero-order chi connectivity index (χ0) is 14.5. The molecule has 0 spiro atoms. The SMILES string of the molecule is CCN(CC1CC1)C(=O)N[C@H](C(=O)O)c1ccccc1. The van der Waals surface area contributed by atoms with E-state index in [1.54, 1.807) is 29.2 Å². The van der Waals surface area contributed by atoms with Crippen LogP contribution in [0.4, 0.5) is 4.79 Å². The molecule has 0 unspecified atom stereocenters. The zero-order valence-corrected chi connectivity index (χ0v) is 11.6. The van der Waals surface area contributed by atoms with E-state index in [0.29, 0.717) is 24.6 Å². The van der Waals surface area contributed by atoms with Crippen LogP contribution in [0.3, 0.4) is 0 Å². The molecule has 108 valence electrons. The monoisotopic (exact) mass is 276 g/mol. The highest BCUT2D eigenvalue weighted by atomic mass is 16.4. The van der Waals surface area contributed by atoms with Gasteiger partial charge >= 0.3 is 12.0 Å². The summed E-state index contributed by atoms with van der Waals surface area (Å²) in [5.74, 6) is -0.465. The second-order valence-corrected chi connectivity index (χ2v) is 5.11. The maximum Gasteiger partial charge on any atom is 0.330 e. The Kier molecular flexibility index (Phi) is 4.61. The molecule has 2 amide bonds. The van der Waals surface area contributed by atoms with E-state index < -0.39 is 12.0 Å². The lowest BCUT2D eigenvalue weighted by Crippen LogP contribution is -2.44. The number of carbonyl (C=O) groups excluding carboxylic acids is 1. The maximum atomic E-state index is 12.2. The van der Waals surface area contributed by atoms with Gasteiger partial charge in [0.1, 0.15) is 0 Å². The molecule has 0 heterocycles. The number of rotatable bonds is 6. The van der Waals surface area contributed by atoms with Crippen LogP contribution in [0, 0.1) is 5.92 Å². The van der Waals surface area contributed by atoms with Gasteiger partial charge in [-0.25, -0.2) is 9.59 Å². The van der Waals surface area contributed by atoms with E-state index in [-0.39, 0.29) is 6.03 Å². The smallest absolute Gasteiger partial charge is 0.330 e. The molecule has 1 atom stereocenters. The Morgan fingerprint density at radius 3 is 2.50 bits per heavy atom. The third kappa shape index (κ3) is 3.73. The van der Waals surface area contributed by atoms with E-state index in [4.69, 9.17) is 0 Å². The number of hydrogen-bond donors (Lipinski definition) is 2. The highest BCUT2D eigenvalue weighted by Gasteiger charge is 2.28. The summed E-state index contributed by atoms with van der Waals surface area (Å²) in [4.78, 5) is 25.2. The number of urea groups is 1. The Morgan fingerprint density at radius 2 is 2.00 bits per heavy atom. The first-order valence-corrected chi connectivity index (χ1v) is 6.95. The molecule has 2 rings (SSSR count). The molecule has 0 bridgehead atoms. The van der Waals surface area contributed by atoms with E-state index in [2.05, 4.69) is 5.32 Å². The molecule has 0 aromatic heterocycles. The van der Waals surface area contributed by atoms with Crippen molar-refractivity contribution >= 4 is 12.0 Å². The van der Waals surface area contributed by atoms with Crippen molar-refractivity contribution in [3.8, 4) is 0 Å². The van der Waals surface area contributed by atoms with Gasteiger partial charge in [-0.15, -0.1) is 0 Å². The van der Waals surface area contributed by atoms with Gasteiger partial charge in [0, 0.05) is 13.1 Å². The molecule has 0 saturated heterocycles. The summed E-state index contributed by atoms with van der Waals surface area (Å²) in [6.45, 7) is 3.20. The normalized spacial score (nSPS) is 15.4. The fraction of sp³-hybridized carbons (Fsp3) is 0.467. The predicted molar refractivity (Wildman–Crippen MR) is 75.3 cm³/mol. The maximum absolute atomic E-state index is 12.2. The number of nitrogens with zero attached hydrogens (tertiary/aromatic N) is 1. The molecule has 0 radical (unpaired) electrons. The molecule has 0 aliphatic heterocycles. The summed E-state index contributed by atoms with van der Waals surface area (Å²) in [5, 5.41) is 11.9. The summed E-state index contributed by atoms with van der Waals surface area (Å²) in [6, 6.07) is 7.44. The topological polar surface area (TPSA) is 69.6 Å². The fourth-order valence-corrected chi connectivity index (χ4v) is 2.12. The van der Waals surface area contributed by atoms with Crippen LogP contribution in [0.2, 0.25) is 0 Å². The molecule has 1 fully saturated rings. The van der Waals surface area contributed by atoms with Gasteiger partial charge in [-0.3, -0.25) is 0 Å². The minimum Gasteiger partial charge on any atom is -0.479 e. The van der Waals surface area contributed by atoms with Crippen LogP contribution in [-0.2, 0) is 4.79 Å². The lowest BCUT2D eigenvalue weighted by Gasteiger charge is -2.24. The van der Waals surface area contributed by atoms with E-state index in [9.17, 15) is 14.7 Å². The number of aliphatic carboxylic acids is 1. The first kappa shape index (κ1) is 14.4. The van der Waals surface area contributed by atoms with Gasteiger partial charge in [0.2, 0.25) is 0 Å². The predicted octanol–water partition coefficient (Wildman–Crippen LogP) is 2.25. The van der Waals surface area contributed by atoms with Crippen molar-refractivity contribution in [2.45, 2.75) is 25.8 Å². The molecular weight excluding hydrogens is 256 g/mol. The van der Waals surface area contributed by atoms with Crippen molar-refractivity contribution in [3.63, 3.8) is 0 Å². The van der Waals surface area contributed by atoms with E-state index in [1.165, 1.54) is 0 Å². The number of benzene rings is 1. The van der Waals surface area contributed by atoms with Crippen LogP contribution in [0.25, 0.3) is 0 Å². The molecule has 1 saturated carbocycles. The minimum absolute atomic E-state index is 0.310. The molecule has 2 N–H and O–H groups in total. The standard InChI is InChI=1S/C15H20N2O3/c1-2-17(10-11-8-9-11)15(20)16-13(14(18)19)12-6-4-3-5-7-12/h3-7,11,13H,2,8-10H2,1H3,(H,16,20)(H,18,19)/t13-/m0/s1. The number of amides is 2. The molecule has 5 heteroatoms. The van der Waals surface area contributed by atoms with Gasteiger partial charge in [0.05, 0.1) is 0 Å². The molecule has 1 aliphatic rings. The van der Waals surface area contributed by atoms with Crippen LogP contribution in [0.15, 0.2) is 30.3 Å². The first-order valence-electron chi connectivity index (χ1n) is 6.95. The average molecular weight is 276 g/mol. The number of carboxylic acids is 1. The highest BCUT2D eigenvalue weighted by Crippen LogP contribution is 2.29.